The molecule has 2 heterocycles. The third-order valence-corrected chi connectivity index (χ3v) is 5.37. The van der Waals surface area contributed by atoms with Gasteiger partial charge in [0, 0.05) is 37.5 Å². The number of hydrogen-bond acceptors (Lipinski definition) is 3. The van der Waals surface area contributed by atoms with Crippen molar-refractivity contribution in [1.82, 2.24) is 10.2 Å². The molecule has 0 saturated carbocycles. The first-order chi connectivity index (χ1) is 11.7. The molecule has 0 bridgehead atoms. The highest BCUT2D eigenvalue weighted by molar-refractivity contribution is 5.98. The second-order valence-electron chi connectivity index (χ2n) is 6.93. The van der Waals surface area contributed by atoms with Crippen LogP contribution in [0, 0.1) is 0 Å². The average molecular weight is 330 g/mol. The fourth-order valence-corrected chi connectivity index (χ4v) is 3.67. The molecule has 2 aliphatic rings. The van der Waals surface area contributed by atoms with Crippen LogP contribution in [0.2, 0.25) is 0 Å². The molecule has 3 rings (SSSR count). The first-order valence-electron chi connectivity index (χ1n) is 9.05. The summed E-state index contributed by atoms with van der Waals surface area (Å²) >= 11 is 0. The van der Waals surface area contributed by atoms with Crippen molar-refractivity contribution in [3.05, 3.63) is 29.8 Å². The molecule has 1 aromatic rings. The lowest BCUT2D eigenvalue weighted by molar-refractivity contribution is -0.00252. The summed E-state index contributed by atoms with van der Waals surface area (Å²) in [5.74, 6) is 1.01. The standard InChI is InChI=1S/C19H30N4O/c1-4-20-18(23-12-9-16-7-5-6-8-17(16)23)21-15-19(22(2)3)10-13-24-14-11-19/h5-8H,4,9-15H2,1-3H3,(H,20,21). The van der Waals surface area contributed by atoms with Gasteiger partial charge in [-0.15, -0.1) is 0 Å². The SMILES string of the molecule is CCNC(=NCC1(N(C)C)CCOCC1)N1CCc2ccccc21. The molecule has 0 amide bonds. The number of hydrogen-bond donors (Lipinski definition) is 1. The Morgan fingerprint density at radius 2 is 2.04 bits per heavy atom. The summed E-state index contributed by atoms with van der Waals surface area (Å²) in [6.07, 6.45) is 3.17. The lowest BCUT2D eigenvalue weighted by Gasteiger charge is -2.42. The van der Waals surface area contributed by atoms with Crippen molar-refractivity contribution in [2.45, 2.75) is 31.7 Å². The molecule has 5 heteroatoms. The van der Waals surface area contributed by atoms with E-state index in [0.717, 1.165) is 58.1 Å². The Bertz CT molecular complexity index is 578. The molecule has 0 atom stereocenters. The number of aliphatic imine (C=N–C) groups is 1. The van der Waals surface area contributed by atoms with Crippen LogP contribution in [0.3, 0.4) is 0 Å². The Morgan fingerprint density at radius 1 is 1.29 bits per heavy atom. The lowest BCUT2D eigenvalue weighted by Crippen LogP contribution is -2.52. The van der Waals surface area contributed by atoms with Gasteiger partial charge in [-0.2, -0.15) is 0 Å². The quantitative estimate of drug-likeness (QED) is 0.678. The molecule has 1 N–H and O–H groups in total. The number of anilines is 1. The maximum Gasteiger partial charge on any atom is 0.198 e. The number of nitrogens with one attached hydrogen (secondary N) is 1. The van der Waals surface area contributed by atoms with E-state index < -0.39 is 0 Å². The summed E-state index contributed by atoms with van der Waals surface area (Å²) in [6, 6.07) is 8.65. The lowest BCUT2D eigenvalue weighted by atomic mass is 9.89. The average Bonchev–Trinajstić information content (AvgIpc) is 3.03. The zero-order valence-corrected chi connectivity index (χ0v) is 15.2. The number of benzene rings is 1. The van der Waals surface area contributed by atoms with Gasteiger partial charge < -0.3 is 19.9 Å². The minimum atomic E-state index is 0.109. The van der Waals surface area contributed by atoms with Gasteiger partial charge in [0.2, 0.25) is 0 Å². The van der Waals surface area contributed by atoms with E-state index in [9.17, 15) is 0 Å². The van der Waals surface area contributed by atoms with Crippen LogP contribution >= 0.6 is 0 Å². The van der Waals surface area contributed by atoms with Crippen molar-refractivity contribution in [2.24, 2.45) is 4.99 Å². The zero-order valence-electron chi connectivity index (χ0n) is 15.2. The van der Waals surface area contributed by atoms with Crippen LogP contribution in [0.15, 0.2) is 29.3 Å². The highest BCUT2D eigenvalue weighted by atomic mass is 16.5. The molecule has 0 radical (unpaired) electrons. The third-order valence-electron chi connectivity index (χ3n) is 5.37. The Labute approximate surface area is 145 Å². The Hall–Kier alpha value is -1.59. The molecule has 0 spiro atoms. The molecule has 0 unspecified atom stereocenters. The van der Waals surface area contributed by atoms with Gasteiger partial charge in [0.25, 0.3) is 0 Å². The van der Waals surface area contributed by atoms with Gasteiger partial charge >= 0.3 is 0 Å². The molecule has 1 fully saturated rings. The van der Waals surface area contributed by atoms with Gasteiger partial charge in [-0.1, -0.05) is 18.2 Å². The van der Waals surface area contributed by atoms with Gasteiger partial charge in [0.15, 0.2) is 5.96 Å². The van der Waals surface area contributed by atoms with Gasteiger partial charge in [0.1, 0.15) is 0 Å². The van der Waals surface area contributed by atoms with Crippen LogP contribution < -0.4 is 10.2 Å². The van der Waals surface area contributed by atoms with E-state index in [4.69, 9.17) is 9.73 Å². The first kappa shape index (κ1) is 17.2. The molecule has 1 aromatic carbocycles. The summed E-state index contributed by atoms with van der Waals surface area (Å²) in [6.45, 7) is 6.49. The van der Waals surface area contributed by atoms with Gasteiger partial charge in [-0.05, 0) is 51.9 Å². The maximum absolute atomic E-state index is 5.57. The number of likely N-dealkylation sites (N-methyl/N-ethyl adjacent to an activating group) is 1. The number of guanidine groups is 1. The normalized spacial score (nSPS) is 20.3. The fourth-order valence-electron chi connectivity index (χ4n) is 3.67. The van der Waals surface area contributed by atoms with Crippen LogP contribution in [0.5, 0.6) is 0 Å². The zero-order chi connectivity index (χ0) is 17.0. The van der Waals surface area contributed by atoms with Crippen LogP contribution in [-0.4, -0.2) is 63.3 Å². The minimum Gasteiger partial charge on any atom is -0.381 e. The van der Waals surface area contributed by atoms with Gasteiger partial charge in [-0.25, -0.2) is 0 Å². The second-order valence-corrected chi connectivity index (χ2v) is 6.93. The molecule has 0 aromatic heterocycles. The van der Waals surface area contributed by atoms with Crippen LogP contribution in [0.1, 0.15) is 25.3 Å². The van der Waals surface area contributed by atoms with Crippen LogP contribution in [0.4, 0.5) is 5.69 Å². The van der Waals surface area contributed by atoms with Crippen LogP contribution in [-0.2, 0) is 11.2 Å². The largest absolute Gasteiger partial charge is 0.381 e. The molecular weight excluding hydrogens is 300 g/mol. The van der Waals surface area contributed by atoms with E-state index in [-0.39, 0.29) is 5.54 Å². The number of nitrogens with zero attached hydrogens (tertiary/aromatic N) is 3. The van der Waals surface area contributed by atoms with E-state index >= 15 is 0 Å². The third kappa shape index (κ3) is 3.42. The number of para-hydroxylation sites is 1. The van der Waals surface area contributed by atoms with E-state index in [0.29, 0.717) is 0 Å². The molecule has 132 valence electrons. The number of rotatable bonds is 4. The van der Waals surface area contributed by atoms with Gasteiger partial charge in [0.05, 0.1) is 6.54 Å². The Morgan fingerprint density at radius 3 is 2.75 bits per heavy atom. The van der Waals surface area contributed by atoms with Crippen molar-refractivity contribution in [3.8, 4) is 0 Å². The topological polar surface area (TPSA) is 40.1 Å². The highest BCUT2D eigenvalue weighted by Gasteiger charge is 2.35. The predicted molar refractivity (Wildman–Crippen MR) is 99.9 cm³/mol. The van der Waals surface area contributed by atoms with E-state index in [1.54, 1.807) is 0 Å². The van der Waals surface area contributed by atoms with Crippen molar-refractivity contribution < 1.29 is 4.74 Å². The van der Waals surface area contributed by atoms with E-state index in [2.05, 4.69) is 60.4 Å². The summed E-state index contributed by atoms with van der Waals surface area (Å²) in [5.41, 5.74) is 2.82. The fraction of sp³-hybridized carbons (Fsp3) is 0.632. The molecular formula is C19H30N4O. The molecule has 5 nitrogen and oxygen atoms in total. The van der Waals surface area contributed by atoms with Crippen molar-refractivity contribution in [2.75, 3.05) is 51.8 Å². The van der Waals surface area contributed by atoms with Gasteiger partial charge in [-0.3, -0.25) is 4.99 Å². The van der Waals surface area contributed by atoms with Crippen molar-refractivity contribution >= 4 is 11.6 Å². The molecule has 0 aliphatic carbocycles. The monoisotopic (exact) mass is 330 g/mol. The predicted octanol–water partition coefficient (Wildman–Crippen LogP) is 2.13. The minimum absolute atomic E-state index is 0.109. The van der Waals surface area contributed by atoms with Crippen molar-refractivity contribution in [3.63, 3.8) is 0 Å². The van der Waals surface area contributed by atoms with E-state index in [1.165, 1.54) is 11.3 Å². The second kappa shape index (κ2) is 7.53. The number of fused-ring (bicyclic) bond motifs is 1. The smallest absolute Gasteiger partial charge is 0.198 e. The summed E-state index contributed by atoms with van der Waals surface area (Å²) in [7, 11) is 4.33. The number of ether oxygens (including phenoxy) is 1. The molecule has 24 heavy (non-hydrogen) atoms. The van der Waals surface area contributed by atoms with Crippen LogP contribution in [0.25, 0.3) is 0 Å². The summed E-state index contributed by atoms with van der Waals surface area (Å²) in [4.78, 5) is 9.71. The Balaban J connectivity index is 1.81. The summed E-state index contributed by atoms with van der Waals surface area (Å²) in [5, 5.41) is 3.49. The van der Waals surface area contributed by atoms with E-state index in [1.807, 2.05) is 0 Å². The van der Waals surface area contributed by atoms with Crippen molar-refractivity contribution in [1.29, 1.82) is 0 Å². The Kier molecular flexibility index (Phi) is 5.41. The molecule has 1 saturated heterocycles. The molecule has 2 aliphatic heterocycles. The summed E-state index contributed by atoms with van der Waals surface area (Å²) < 4.78 is 5.57. The highest BCUT2D eigenvalue weighted by Crippen LogP contribution is 2.29. The maximum atomic E-state index is 5.57. The first-order valence-corrected chi connectivity index (χ1v) is 9.05.